The van der Waals surface area contributed by atoms with Crippen LogP contribution in [-0.4, -0.2) is 20.9 Å². The first kappa shape index (κ1) is 21.8. The van der Waals surface area contributed by atoms with Gasteiger partial charge in [-0.25, -0.2) is 4.98 Å². The van der Waals surface area contributed by atoms with E-state index in [1.165, 1.54) is 24.3 Å². The van der Waals surface area contributed by atoms with Crippen LogP contribution in [0.5, 0.6) is 0 Å². The summed E-state index contributed by atoms with van der Waals surface area (Å²) in [4.78, 5) is 26.9. The average molecular weight is 458 g/mol. The zero-order chi connectivity index (χ0) is 23.4. The van der Waals surface area contributed by atoms with E-state index in [4.69, 9.17) is 16.6 Å². The van der Waals surface area contributed by atoms with Gasteiger partial charge in [0.15, 0.2) is 10.7 Å². The number of aromatic nitrogens is 1. The number of benzene rings is 3. The Kier molecular flexibility index (Phi) is 6.23. The highest BCUT2D eigenvalue weighted by atomic mass is 32.1. The van der Waals surface area contributed by atoms with Crippen LogP contribution >= 0.6 is 12.2 Å². The second-order valence-corrected chi connectivity index (χ2v) is 7.60. The standard InChI is InChI=1S/C24H18N4O4S/c1-15-5-11-20-21(13-15)32-23(26-20)17-7-9-18(10-8-17)25-24(33)27-22(29)12-6-16-3-2-4-19(14-16)28(30)31/h2-14H,1H3,(H2,25,27,29,33). The smallest absolute Gasteiger partial charge is 0.270 e. The molecule has 1 heterocycles. The van der Waals surface area contributed by atoms with Gasteiger partial charge in [-0.05, 0) is 72.7 Å². The van der Waals surface area contributed by atoms with E-state index in [2.05, 4.69) is 15.6 Å². The summed E-state index contributed by atoms with van der Waals surface area (Å²) in [5.74, 6) is 0.0571. The summed E-state index contributed by atoms with van der Waals surface area (Å²) in [6.45, 7) is 1.99. The Morgan fingerprint density at radius 3 is 2.67 bits per heavy atom. The minimum absolute atomic E-state index is 0.0499. The molecule has 164 valence electrons. The molecule has 33 heavy (non-hydrogen) atoms. The number of aryl methyl sites for hydroxylation is 1. The summed E-state index contributed by atoms with van der Waals surface area (Å²) in [5.41, 5.74) is 4.59. The number of nitrogens with one attached hydrogen (secondary N) is 2. The van der Waals surface area contributed by atoms with Gasteiger partial charge in [0, 0.05) is 29.5 Å². The number of nitro benzene ring substituents is 1. The predicted molar refractivity (Wildman–Crippen MR) is 131 cm³/mol. The third-order valence-electron chi connectivity index (χ3n) is 4.68. The fraction of sp³-hybridized carbons (Fsp3) is 0.0417. The van der Waals surface area contributed by atoms with Crippen molar-refractivity contribution in [3.8, 4) is 11.5 Å². The lowest BCUT2D eigenvalue weighted by Crippen LogP contribution is -2.32. The van der Waals surface area contributed by atoms with Gasteiger partial charge in [-0.2, -0.15) is 0 Å². The fourth-order valence-electron chi connectivity index (χ4n) is 3.08. The SMILES string of the molecule is Cc1ccc2nc(-c3ccc(NC(=S)NC(=O)C=Cc4cccc([N+](=O)[O-])c4)cc3)oc2c1. The Morgan fingerprint density at radius 1 is 1.12 bits per heavy atom. The van der Waals surface area contributed by atoms with Crippen molar-refractivity contribution >= 4 is 51.8 Å². The molecular weight excluding hydrogens is 440 g/mol. The largest absolute Gasteiger partial charge is 0.436 e. The van der Waals surface area contributed by atoms with Crippen LogP contribution in [0, 0.1) is 17.0 Å². The first-order valence-electron chi connectivity index (χ1n) is 9.89. The topological polar surface area (TPSA) is 110 Å². The molecule has 3 aromatic carbocycles. The Morgan fingerprint density at radius 2 is 1.91 bits per heavy atom. The van der Waals surface area contributed by atoms with Crippen molar-refractivity contribution in [2.24, 2.45) is 0 Å². The molecule has 0 aliphatic heterocycles. The summed E-state index contributed by atoms with van der Waals surface area (Å²) in [6.07, 6.45) is 2.73. The highest BCUT2D eigenvalue weighted by molar-refractivity contribution is 7.80. The van der Waals surface area contributed by atoms with Crippen LogP contribution in [0.25, 0.3) is 28.6 Å². The summed E-state index contributed by atoms with van der Waals surface area (Å²) < 4.78 is 5.83. The third-order valence-corrected chi connectivity index (χ3v) is 4.88. The molecule has 0 bridgehead atoms. The van der Waals surface area contributed by atoms with Crippen molar-refractivity contribution in [1.82, 2.24) is 10.3 Å². The maximum atomic E-state index is 12.1. The number of hydrogen-bond acceptors (Lipinski definition) is 6. The number of carbonyl (C=O) groups is 1. The molecule has 8 nitrogen and oxygen atoms in total. The second kappa shape index (κ2) is 9.41. The molecule has 0 aliphatic carbocycles. The zero-order valence-corrected chi connectivity index (χ0v) is 18.3. The first-order valence-corrected chi connectivity index (χ1v) is 10.3. The molecular formula is C24H18N4O4S. The second-order valence-electron chi connectivity index (χ2n) is 7.20. The normalized spacial score (nSPS) is 10.9. The highest BCUT2D eigenvalue weighted by Gasteiger charge is 2.09. The lowest BCUT2D eigenvalue weighted by molar-refractivity contribution is -0.384. The summed E-state index contributed by atoms with van der Waals surface area (Å²) in [5, 5.41) is 16.4. The van der Waals surface area contributed by atoms with Crippen molar-refractivity contribution < 1.29 is 14.1 Å². The van der Waals surface area contributed by atoms with Gasteiger partial charge in [0.2, 0.25) is 11.8 Å². The maximum Gasteiger partial charge on any atom is 0.270 e. The number of amides is 1. The number of thiocarbonyl (C=S) groups is 1. The molecule has 4 aromatic rings. The van der Waals surface area contributed by atoms with Gasteiger partial charge in [0.1, 0.15) is 5.52 Å². The molecule has 0 spiro atoms. The third kappa shape index (κ3) is 5.46. The van der Waals surface area contributed by atoms with Gasteiger partial charge in [-0.1, -0.05) is 18.2 Å². The molecule has 2 N–H and O–H groups in total. The van der Waals surface area contributed by atoms with E-state index in [-0.39, 0.29) is 10.8 Å². The van der Waals surface area contributed by atoms with Crippen molar-refractivity contribution in [2.75, 3.05) is 5.32 Å². The number of hydrogen-bond donors (Lipinski definition) is 2. The van der Waals surface area contributed by atoms with Crippen molar-refractivity contribution in [1.29, 1.82) is 0 Å². The lowest BCUT2D eigenvalue weighted by atomic mass is 10.2. The Labute approximate surface area is 194 Å². The van der Waals surface area contributed by atoms with E-state index in [9.17, 15) is 14.9 Å². The quantitative estimate of drug-likeness (QED) is 0.182. The van der Waals surface area contributed by atoms with Crippen LogP contribution < -0.4 is 10.6 Å². The zero-order valence-electron chi connectivity index (χ0n) is 17.4. The molecule has 0 fully saturated rings. The Balaban J connectivity index is 1.35. The fourth-order valence-corrected chi connectivity index (χ4v) is 3.30. The summed E-state index contributed by atoms with van der Waals surface area (Å²) in [6, 6.07) is 19.1. The van der Waals surface area contributed by atoms with E-state index in [0.29, 0.717) is 17.1 Å². The molecule has 0 saturated heterocycles. The average Bonchev–Trinajstić information content (AvgIpc) is 3.21. The van der Waals surface area contributed by atoms with E-state index >= 15 is 0 Å². The molecule has 0 aliphatic rings. The number of anilines is 1. The number of nitrogens with zero attached hydrogens (tertiary/aromatic N) is 2. The van der Waals surface area contributed by atoms with Crippen molar-refractivity contribution in [3.63, 3.8) is 0 Å². The van der Waals surface area contributed by atoms with Gasteiger partial charge in [-0.15, -0.1) is 0 Å². The lowest BCUT2D eigenvalue weighted by Gasteiger charge is -2.08. The van der Waals surface area contributed by atoms with Crippen LogP contribution in [-0.2, 0) is 4.79 Å². The monoisotopic (exact) mass is 458 g/mol. The van der Waals surface area contributed by atoms with Gasteiger partial charge >= 0.3 is 0 Å². The summed E-state index contributed by atoms with van der Waals surface area (Å²) >= 11 is 5.18. The molecule has 0 atom stereocenters. The van der Waals surface area contributed by atoms with E-state index in [1.54, 1.807) is 24.3 Å². The number of fused-ring (bicyclic) bond motifs is 1. The number of oxazole rings is 1. The van der Waals surface area contributed by atoms with E-state index in [0.717, 1.165) is 22.2 Å². The minimum atomic E-state index is -0.493. The van der Waals surface area contributed by atoms with Gasteiger partial charge in [0.05, 0.1) is 4.92 Å². The van der Waals surface area contributed by atoms with Crippen LogP contribution in [0.4, 0.5) is 11.4 Å². The first-order chi connectivity index (χ1) is 15.9. The molecule has 1 aromatic heterocycles. The molecule has 0 radical (unpaired) electrons. The van der Waals surface area contributed by atoms with Crippen molar-refractivity contribution in [2.45, 2.75) is 6.92 Å². The van der Waals surface area contributed by atoms with Crippen LogP contribution in [0.3, 0.4) is 0 Å². The van der Waals surface area contributed by atoms with Gasteiger partial charge in [0.25, 0.3) is 5.69 Å². The maximum absolute atomic E-state index is 12.1. The Hall–Kier alpha value is -4.37. The molecule has 0 unspecified atom stereocenters. The number of rotatable bonds is 5. The predicted octanol–water partition coefficient (Wildman–Crippen LogP) is 5.24. The summed E-state index contributed by atoms with van der Waals surface area (Å²) in [7, 11) is 0. The van der Waals surface area contributed by atoms with E-state index in [1.807, 2.05) is 37.3 Å². The number of nitro groups is 1. The van der Waals surface area contributed by atoms with Crippen molar-refractivity contribution in [3.05, 3.63) is 94.0 Å². The van der Waals surface area contributed by atoms with Crippen LogP contribution in [0.2, 0.25) is 0 Å². The van der Waals surface area contributed by atoms with Crippen LogP contribution in [0.1, 0.15) is 11.1 Å². The molecule has 1 amide bonds. The molecule has 9 heteroatoms. The number of non-ortho nitro benzene ring substituents is 1. The van der Waals surface area contributed by atoms with Gasteiger partial charge in [-0.3, -0.25) is 20.2 Å². The van der Waals surface area contributed by atoms with Gasteiger partial charge < -0.3 is 9.73 Å². The van der Waals surface area contributed by atoms with E-state index < -0.39 is 10.8 Å². The minimum Gasteiger partial charge on any atom is -0.436 e. The molecule has 0 saturated carbocycles. The number of carbonyl (C=O) groups excluding carboxylic acids is 1. The Bertz CT molecular complexity index is 1390. The van der Waals surface area contributed by atoms with Crippen LogP contribution in [0.15, 0.2) is 77.2 Å². The molecule has 4 rings (SSSR count). The highest BCUT2D eigenvalue weighted by Crippen LogP contribution is 2.26.